The van der Waals surface area contributed by atoms with Gasteiger partial charge in [0, 0.05) is 6.54 Å². The SMILES string of the molecule is CC1CNC(c2ccccc2C(C)C)CO1. The first kappa shape index (κ1) is 11.6. The van der Waals surface area contributed by atoms with Gasteiger partial charge in [-0.3, -0.25) is 0 Å². The minimum atomic E-state index is 0.336. The predicted octanol–water partition coefficient (Wildman–Crippen LogP) is 2.86. The molecule has 2 atom stereocenters. The van der Waals surface area contributed by atoms with Gasteiger partial charge < -0.3 is 10.1 Å². The molecule has 1 aromatic rings. The number of rotatable bonds is 2. The van der Waals surface area contributed by atoms with Crippen LogP contribution in [0.5, 0.6) is 0 Å². The van der Waals surface area contributed by atoms with Gasteiger partial charge in [-0.2, -0.15) is 0 Å². The van der Waals surface area contributed by atoms with Gasteiger partial charge >= 0.3 is 0 Å². The van der Waals surface area contributed by atoms with Crippen LogP contribution in [0, 0.1) is 0 Å². The molecule has 1 aliphatic heterocycles. The molecule has 0 aromatic heterocycles. The van der Waals surface area contributed by atoms with Gasteiger partial charge in [-0.25, -0.2) is 0 Å². The first-order valence-electron chi connectivity index (χ1n) is 6.12. The first-order chi connectivity index (χ1) is 7.68. The zero-order valence-corrected chi connectivity index (χ0v) is 10.4. The monoisotopic (exact) mass is 219 g/mol. The van der Waals surface area contributed by atoms with Crippen molar-refractivity contribution < 1.29 is 4.74 Å². The van der Waals surface area contributed by atoms with Crippen LogP contribution in [0.2, 0.25) is 0 Å². The molecule has 88 valence electrons. The van der Waals surface area contributed by atoms with E-state index in [-0.39, 0.29) is 0 Å². The van der Waals surface area contributed by atoms with E-state index < -0.39 is 0 Å². The molecule has 1 heterocycles. The topological polar surface area (TPSA) is 21.3 Å². The molecule has 0 spiro atoms. The molecule has 1 aromatic carbocycles. The van der Waals surface area contributed by atoms with E-state index in [1.165, 1.54) is 11.1 Å². The Morgan fingerprint density at radius 1 is 1.31 bits per heavy atom. The van der Waals surface area contributed by atoms with Crippen LogP contribution < -0.4 is 5.32 Å². The van der Waals surface area contributed by atoms with Gasteiger partial charge in [-0.05, 0) is 24.0 Å². The van der Waals surface area contributed by atoms with Crippen molar-refractivity contribution >= 4 is 0 Å². The van der Waals surface area contributed by atoms with Crippen molar-refractivity contribution in [1.29, 1.82) is 0 Å². The highest BCUT2D eigenvalue weighted by molar-refractivity contribution is 5.32. The fourth-order valence-electron chi connectivity index (χ4n) is 2.24. The largest absolute Gasteiger partial charge is 0.375 e. The Kier molecular flexibility index (Phi) is 3.62. The highest BCUT2D eigenvalue weighted by Gasteiger charge is 2.21. The zero-order valence-electron chi connectivity index (χ0n) is 10.4. The number of morpholine rings is 1. The number of hydrogen-bond acceptors (Lipinski definition) is 2. The van der Waals surface area contributed by atoms with Gasteiger partial charge in [0.2, 0.25) is 0 Å². The molecule has 1 N–H and O–H groups in total. The lowest BCUT2D eigenvalue weighted by atomic mass is 9.92. The van der Waals surface area contributed by atoms with Crippen LogP contribution in [0.4, 0.5) is 0 Å². The maximum Gasteiger partial charge on any atom is 0.0672 e. The van der Waals surface area contributed by atoms with E-state index >= 15 is 0 Å². The third-order valence-electron chi connectivity index (χ3n) is 3.19. The first-order valence-corrected chi connectivity index (χ1v) is 6.12. The summed E-state index contributed by atoms with van der Waals surface area (Å²) >= 11 is 0. The van der Waals surface area contributed by atoms with Crippen LogP contribution in [0.25, 0.3) is 0 Å². The van der Waals surface area contributed by atoms with Gasteiger partial charge in [0.05, 0.1) is 18.8 Å². The zero-order chi connectivity index (χ0) is 11.5. The molecule has 1 aliphatic rings. The molecule has 1 fully saturated rings. The van der Waals surface area contributed by atoms with Gasteiger partial charge in [0.25, 0.3) is 0 Å². The number of ether oxygens (including phenoxy) is 1. The van der Waals surface area contributed by atoms with E-state index in [1.54, 1.807) is 0 Å². The fourth-order valence-corrected chi connectivity index (χ4v) is 2.24. The van der Waals surface area contributed by atoms with Crippen molar-refractivity contribution in [2.45, 2.75) is 38.8 Å². The summed E-state index contributed by atoms with van der Waals surface area (Å²) in [5.74, 6) is 0.567. The number of benzene rings is 1. The summed E-state index contributed by atoms with van der Waals surface area (Å²) in [5.41, 5.74) is 2.82. The van der Waals surface area contributed by atoms with Crippen LogP contribution in [-0.4, -0.2) is 19.3 Å². The lowest BCUT2D eigenvalue weighted by Gasteiger charge is -2.30. The average Bonchev–Trinajstić information content (AvgIpc) is 2.30. The Balaban J connectivity index is 2.19. The van der Waals surface area contributed by atoms with E-state index in [1.807, 2.05) is 0 Å². The molecule has 1 saturated heterocycles. The molecule has 0 aliphatic carbocycles. The molecule has 0 amide bonds. The van der Waals surface area contributed by atoms with E-state index in [4.69, 9.17) is 4.74 Å². The summed E-state index contributed by atoms with van der Waals surface area (Å²) in [4.78, 5) is 0. The molecule has 0 saturated carbocycles. The van der Waals surface area contributed by atoms with Crippen molar-refractivity contribution in [2.24, 2.45) is 0 Å². The second-order valence-corrected chi connectivity index (χ2v) is 4.89. The van der Waals surface area contributed by atoms with E-state index in [2.05, 4.69) is 50.4 Å². The van der Waals surface area contributed by atoms with Crippen LogP contribution in [-0.2, 0) is 4.74 Å². The molecular formula is C14H21NO. The summed E-state index contributed by atoms with van der Waals surface area (Å²) in [6, 6.07) is 9.02. The number of nitrogens with one attached hydrogen (secondary N) is 1. The molecule has 2 heteroatoms. The highest BCUT2D eigenvalue weighted by atomic mass is 16.5. The normalized spacial score (nSPS) is 26.0. The Labute approximate surface area is 98.0 Å². The van der Waals surface area contributed by atoms with Crippen LogP contribution in [0.3, 0.4) is 0 Å². The lowest BCUT2D eigenvalue weighted by molar-refractivity contribution is 0.0147. The molecular weight excluding hydrogens is 198 g/mol. The molecule has 2 rings (SSSR count). The summed E-state index contributed by atoms with van der Waals surface area (Å²) in [6.45, 7) is 8.32. The summed E-state index contributed by atoms with van der Waals surface area (Å²) in [6.07, 6.45) is 0.336. The third kappa shape index (κ3) is 2.45. The maximum atomic E-state index is 5.72. The van der Waals surface area contributed by atoms with Gasteiger partial charge in [0.15, 0.2) is 0 Å². The van der Waals surface area contributed by atoms with Crippen molar-refractivity contribution in [3.05, 3.63) is 35.4 Å². The lowest BCUT2D eigenvalue weighted by Crippen LogP contribution is -2.40. The van der Waals surface area contributed by atoms with E-state index in [9.17, 15) is 0 Å². The summed E-state index contributed by atoms with van der Waals surface area (Å²) in [7, 11) is 0. The van der Waals surface area contributed by atoms with Gasteiger partial charge in [-0.1, -0.05) is 38.1 Å². The van der Waals surface area contributed by atoms with E-state index in [0.717, 1.165) is 13.2 Å². The number of hydrogen-bond donors (Lipinski definition) is 1. The molecule has 16 heavy (non-hydrogen) atoms. The maximum absolute atomic E-state index is 5.72. The summed E-state index contributed by atoms with van der Waals surface area (Å²) < 4.78 is 5.72. The average molecular weight is 219 g/mol. The highest BCUT2D eigenvalue weighted by Crippen LogP contribution is 2.26. The van der Waals surface area contributed by atoms with Gasteiger partial charge in [-0.15, -0.1) is 0 Å². The second kappa shape index (κ2) is 4.98. The van der Waals surface area contributed by atoms with Crippen molar-refractivity contribution in [3.8, 4) is 0 Å². The molecule has 2 nitrogen and oxygen atoms in total. The minimum Gasteiger partial charge on any atom is -0.375 e. The van der Waals surface area contributed by atoms with Crippen LogP contribution >= 0.6 is 0 Å². The molecule has 0 bridgehead atoms. The Hall–Kier alpha value is -0.860. The van der Waals surface area contributed by atoms with Gasteiger partial charge in [0.1, 0.15) is 0 Å². The Bertz CT molecular complexity index is 340. The smallest absolute Gasteiger partial charge is 0.0672 e. The van der Waals surface area contributed by atoms with E-state index in [0.29, 0.717) is 18.1 Å². The van der Waals surface area contributed by atoms with Crippen LogP contribution in [0.15, 0.2) is 24.3 Å². The molecule has 0 radical (unpaired) electrons. The standard InChI is InChI=1S/C14H21NO/c1-10(2)12-6-4-5-7-13(12)14-9-16-11(3)8-15-14/h4-7,10-11,14-15H,8-9H2,1-3H3. The fraction of sp³-hybridized carbons (Fsp3) is 0.571. The van der Waals surface area contributed by atoms with Crippen molar-refractivity contribution in [3.63, 3.8) is 0 Å². The molecule has 2 unspecified atom stereocenters. The predicted molar refractivity (Wildman–Crippen MR) is 66.7 cm³/mol. The third-order valence-corrected chi connectivity index (χ3v) is 3.19. The van der Waals surface area contributed by atoms with Crippen molar-refractivity contribution in [1.82, 2.24) is 5.32 Å². The quantitative estimate of drug-likeness (QED) is 0.826. The minimum absolute atomic E-state index is 0.336. The van der Waals surface area contributed by atoms with Crippen LogP contribution in [0.1, 0.15) is 43.9 Å². The second-order valence-electron chi connectivity index (χ2n) is 4.89. The Morgan fingerprint density at radius 3 is 2.69 bits per heavy atom. The Morgan fingerprint density at radius 2 is 2.06 bits per heavy atom. The summed E-state index contributed by atoms with van der Waals surface area (Å²) in [5, 5.41) is 3.56. The van der Waals surface area contributed by atoms with Crippen molar-refractivity contribution in [2.75, 3.05) is 13.2 Å².